The van der Waals surface area contributed by atoms with Gasteiger partial charge in [-0.05, 0) is 219 Å². The van der Waals surface area contributed by atoms with Crippen LogP contribution >= 0.6 is 23.2 Å². The summed E-state index contributed by atoms with van der Waals surface area (Å²) < 4.78 is 76.2. The maximum absolute atomic E-state index is 12.8. The molecule has 3 aliphatic rings. The van der Waals surface area contributed by atoms with E-state index in [0.717, 1.165) is 148 Å². The van der Waals surface area contributed by atoms with E-state index in [1.165, 1.54) is 0 Å². The zero-order valence-electron chi connectivity index (χ0n) is 82.1. The Bertz CT molecular complexity index is 5180. The molecule has 31 nitrogen and oxygen atoms in total. The lowest BCUT2D eigenvalue weighted by atomic mass is 10.0. The molecular formula is C97H141Cl2N15O16Si2. The maximum atomic E-state index is 12.8. The molecule has 3 aromatic carbocycles. The Hall–Kier alpha value is -9.40. The van der Waals surface area contributed by atoms with Crippen molar-refractivity contribution in [3.8, 4) is 85.2 Å². The zero-order chi connectivity index (χ0) is 96.2. The van der Waals surface area contributed by atoms with Gasteiger partial charge in [-0.3, -0.25) is 0 Å². The molecule has 3 fully saturated rings. The van der Waals surface area contributed by atoms with Gasteiger partial charge >= 0.3 is 12.2 Å². The predicted octanol–water partition coefficient (Wildman–Crippen LogP) is 20.3. The molecule has 2 amide bonds. The van der Waals surface area contributed by atoms with E-state index < -0.39 is 46.1 Å². The van der Waals surface area contributed by atoms with E-state index in [1.807, 2.05) is 162 Å². The van der Waals surface area contributed by atoms with Crippen LogP contribution in [-0.2, 0) is 32.5 Å². The van der Waals surface area contributed by atoms with E-state index in [4.69, 9.17) is 113 Å². The summed E-state index contributed by atoms with van der Waals surface area (Å²) in [7, 11) is 0.831. The van der Waals surface area contributed by atoms with Crippen molar-refractivity contribution < 1.29 is 75.0 Å². The Balaban J connectivity index is 0.000000208. The van der Waals surface area contributed by atoms with Crippen molar-refractivity contribution in [2.75, 3.05) is 136 Å². The molecule has 0 bridgehead atoms. The lowest BCUT2D eigenvalue weighted by molar-refractivity contribution is 0.0166. The molecular weight excluding hydrogens is 1760 g/mol. The summed E-state index contributed by atoms with van der Waals surface area (Å²) in [6.07, 6.45) is 3.83. The summed E-state index contributed by atoms with van der Waals surface area (Å²) in [5, 5.41) is 36.5. The van der Waals surface area contributed by atoms with Gasteiger partial charge < -0.3 is 96.5 Å². The van der Waals surface area contributed by atoms with E-state index in [1.54, 1.807) is 30.9 Å². The summed E-state index contributed by atoms with van der Waals surface area (Å²) in [5.74, 6) is 8.72. The highest BCUT2D eigenvalue weighted by Gasteiger charge is 2.42. The van der Waals surface area contributed by atoms with Crippen molar-refractivity contribution in [3.63, 3.8) is 0 Å². The van der Waals surface area contributed by atoms with Crippen LogP contribution in [0.1, 0.15) is 156 Å². The Morgan fingerprint density at radius 1 is 0.477 bits per heavy atom. The fourth-order valence-electron chi connectivity index (χ4n) is 14.5. The van der Waals surface area contributed by atoms with E-state index in [9.17, 15) is 14.7 Å². The van der Waals surface area contributed by atoms with E-state index >= 15 is 0 Å². The molecule has 0 aliphatic carbocycles. The number of ether oxygens (including phenoxy) is 8. The smallest absolute Gasteiger partial charge is 0.410 e. The van der Waals surface area contributed by atoms with Gasteiger partial charge in [-0.25, -0.2) is 39.5 Å². The summed E-state index contributed by atoms with van der Waals surface area (Å²) >= 11 is 13.8. The number of amides is 2. The number of carbonyl (C=O) groups is 2. The lowest BCUT2D eigenvalue weighted by Crippen LogP contribution is -2.49. The second kappa shape index (κ2) is 46.7. The number of likely N-dealkylation sites (N-methyl/N-ethyl adjacent to an activating group) is 3. The third kappa shape index (κ3) is 30.3. The average molecular weight is 1900 g/mol. The number of hydrogen-bond acceptors (Lipinski definition) is 29. The molecule has 5 N–H and O–H groups in total. The second-order valence-corrected chi connectivity index (χ2v) is 49.7. The summed E-state index contributed by atoms with van der Waals surface area (Å²) in [4.78, 5) is 58.1. The average Bonchev–Trinajstić information content (AvgIpc) is 1.54. The quantitative estimate of drug-likeness (QED) is 0.0234. The van der Waals surface area contributed by atoms with E-state index in [0.29, 0.717) is 134 Å². The first-order valence-electron chi connectivity index (χ1n) is 45.8. The molecule has 3 saturated heterocycles. The highest BCUT2D eigenvalue weighted by Crippen LogP contribution is 2.43. The van der Waals surface area contributed by atoms with Crippen LogP contribution in [0.5, 0.6) is 17.2 Å². The minimum Gasteiger partial charge on any atom is -0.491 e. The number of carbonyl (C=O) groups excluding carboxylic acids is 2. The number of aryl methyl sites for hydroxylation is 6. The van der Waals surface area contributed by atoms with Gasteiger partial charge in [0.1, 0.15) is 111 Å². The highest BCUT2D eigenvalue weighted by atomic mass is 35.5. The maximum Gasteiger partial charge on any atom is 0.410 e. The number of nitrogens with zero attached hydrogens (tertiary/aromatic N) is 11. The van der Waals surface area contributed by atoms with Crippen LogP contribution < -0.4 is 35.5 Å². The molecule has 6 aromatic heterocycles. The fraction of sp³-hybridized carbons (Fsp3) is 0.577. The number of aliphatic hydroxyl groups excluding tert-OH is 1. The van der Waals surface area contributed by atoms with Crippen LogP contribution in [0.15, 0.2) is 92.4 Å². The number of aliphatic hydroxyl groups is 1. The first-order chi connectivity index (χ1) is 62.2. The van der Waals surface area contributed by atoms with Crippen molar-refractivity contribution in [2.45, 2.75) is 229 Å². The molecule has 9 heterocycles. The largest absolute Gasteiger partial charge is 0.491 e. The van der Waals surface area contributed by atoms with E-state index in [-0.39, 0.29) is 42.1 Å². The molecule has 3 unspecified atom stereocenters. The molecule has 722 valence electrons. The Morgan fingerprint density at radius 3 is 1.15 bits per heavy atom. The third-order valence-electron chi connectivity index (χ3n) is 23.9. The Labute approximate surface area is 791 Å². The fourth-order valence-corrected chi connectivity index (χ4v) is 17.7. The molecule has 132 heavy (non-hydrogen) atoms. The molecule has 3 aliphatic heterocycles. The van der Waals surface area contributed by atoms with Crippen LogP contribution in [0.3, 0.4) is 0 Å². The number of nitrogens with one attached hydrogen (secondary N) is 4. The molecule has 35 heteroatoms. The summed E-state index contributed by atoms with van der Waals surface area (Å²) in [6, 6.07) is 24.8. The molecule has 0 spiro atoms. The molecule has 12 rings (SSSR count). The van der Waals surface area contributed by atoms with Crippen molar-refractivity contribution >= 4 is 69.5 Å². The van der Waals surface area contributed by atoms with Crippen LogP contribution in [-0.4, -0.2) is 238 Å². The van der Waals surface area contributed by atoms with Crippen LogP contribution in [0.25, 0.3) is 67.9 Å². The van der Waals surface area contributed by atoms with Gasteiger partial charge in [-0.1, -0.05) is 117 Å². The van der Waals surface area contributed by atoms with Crippen molar-refractivity contribution in [1.29, 1.82) is 0 Å². The normalized spacial score (nSPS) is 15.2. The first kappa shape index (κ1) is 105. The minimum atomic E-state index is -2.21. The number of benzene rings is 3. The number of aromatic nitrogens is 9. The first-order valence-corrected chi connectivity index (χ1v) is 52.3. The SMILES string of the molecule is CNCC(O)COc1cccc(-c2nc(NCC3CCOCC3)c(Cl)c(-c3c(C)noc3C)n2)c1.Cc1noc(C)c1-c1cc(NCC2CCOCC2)nc(-c2cccc(OCC(CN(C)C(=O)OC(C)(C)C)O[Si](C)(C)C(C)(C)C)c2)n1.Cc1noc(C)c1-c1nc(-c2cccc(OCC(CN(C)C(=O)OC(C)(C)C)O[Si](C)(C)C(C)(C)C)c2)nc(NCC2CCOCC2)c1Cl. The van der Waals surface area contributed by atoms with Gasteiger partial charge in [0.15, 0.2) is 34.1 Å². The molecule has 9 aromatic rings. The second-order valence-electron chi connectivity index (χ2n) is 39.4. The number of anilines is 3. The monoisotopic (exact) mass is 1900 g/mol. The van der Waals surface area contributed by atoms with Gasteiger partial charge in [0.2, 0.25) is 0 Å². The topological polar surface area (TPSA) is 357 Å². The van der Waals surface area contributed by atoms with Crippen LogP contribution in [0.4, 0.5) is 27.0 Å². The number of hydrogen-bond donors (Lipinski definition) is 5. The Morgan fingerprint density at radius 2 is 0.818 bits per heavy atom. The van der Waals surface area contributed by atoms with Gasteiger partial charge in [0.05, 0.1) is 64.8 Å². The van der Waals surface area contributed by atoms with Crippen molar-refractivity contribution in [2.24, 2.45) is 17.8 Å². The Kier molecular flexibility index (Phi) is 37.0. The summed E-state index contributed by atoms with van der Waals surface area (Å²) in [5.41, 5.74) is 7.53. The zero-order valence-corrected chi connectivity index (χ0v) is 85.6. The third-order valence-corrected chi connectivity index (χ3v) is 33.7. The molecule has 0 radical (unpaired) electrons. The van der Waals surface area contributed by atoms with Gasteiger partial charge in [-0.15, -0.1) is 0 Å². The van der Waals surface area contributed by atoms with Crippen LogP contribution in [0, 0.1) is 59.3 Å². The molecule has 3 atom stereocenters. The predicted molar refractivity (Wildman–Crippen MR) is 522 cm³/mol. The van der Waals surface area contributed by atoms with Gasteiger partial charge in [-0.2, -0.15) is 0 Å². The van der Waals surface area contributed by atoms with Gasteiger partial charge in [0, 0.05) is 103 Å². The van der Waals surface area contributed by atoms with Gasteiger partial charge in [0.25, 0.3) is 0 Å². The number of rotatable bonds is 34. The molecule has 0 saturated carbocycles. The van der Waals surface area contributed by atoms with Crippen molar-refractivity contribution in [3.05, 3.63) is 123 Å². The highest BCUT2D eigenvalue weighted by molar-refractivity contribution is 6.74. The lowest BCUT2D eigenvalue weighted by Gasteiger charge is -2.40. The number of halogens is 2. The van der Waals surface area contributed by atoms with Crippen molar-refractivity contribution in [1.82, 2.24) is 60.5 Å². The standard InChI is InChI=1S/C36H54ClN5O6Si.C36H55N5O6Si.C25H32ClN5O4/c1-23-29(24(2)47-41-23)31-30(37)33(38-20-25-15-17-44-18-16-25)40-32(39-31)26-13-12-14-27(19-26)45-22-28(48-49(10,11)36(6,7)8)21-42(9)34(43)46-35(3,4)5;1-24-32(25(2)46-40-24)30-20-31(37-21-26-15-17-43-18-16-26)39-33(38-30)27-13-12-14-28(19-27)44-23-29(47-48(10,11)36(6,7)8)22-41(9)34(42)45-35(3,4)5;1-15-21(16(2)35-31-15)23-22(26)25(28-12-17-7-9-33-10-8-17)30-24(29-23)18-5-4-6-20(11-18)34-14-19(32)13-27-3/h12-14,19,25,28H,15-18,20-22H2,1-11H3,(H,38,39,40);12-14,19-20,26,29H,15-18,21-23H2,1-11H3,(H,37,38,39);4-6,11,17,19,27,32H,7-10,12-14H2,1-3H3,(H,28,29,30). The minimum absolute atomic E-state index is 0.0181. The summed E-state index contributed by atoms with van der Waals surface area (Å²) in [6.45, 7) is 52.9. The van der Waals surface area contributed by atoms with E-state index in [2.05, 4.69) is 104 Å². The van der Waals surface area contributed by atoms with Crippen LogP contribution in [0.2, 0.25) is 46.3 Å².